The molecule has 0 aliphatic carbocycles. The van der Waals surface area contributed by atoms with Crippen molar-refractivity contribution in [2.45, 2.75) is 29.5 Å². The minimum Gasteiger partial charge on any atom is -0.319 e. The maximum Gasteiger partial charge on any atom is 0.288 e. The van der Waals surface area contributed by atoms with Crippen LogP contribution in [0.25, 0.3) is 0 Å². The fourth-order valence-corrected chi connectivity index (χ4v) is 3.18. The highest BCUT2D eigenvalue weighted by atomic mass is 35.5. The number of carbonyl (C=O) groups is 1. The van der Waals surface area contributed by atoms with Crippen molar-refractivity contribution in [1.82, 2.24) is 20.3 Å². The van der Waals surface area contributed by atoms with Crippen LogP contribution in [0.4, 0.5) is 14.5 Å². The first-order chi connectivity index (χ1) is 11.6. The van der Waals surface area contributed by atoms with Gasteiger partial charge in [0.1, 0.15) is 0 Å². The first kappa shape index (κ1) is 19.6. The Bertz CT molecular complexity index is 709. The van der Waals surface area contributed by atoms with E-state index in [-0.39, 0.29) is 24.1 Å². The molecule has 0 bridgehead atoms. The maximum absolute atomic E-state index is 12.6. The molecule has 0 spiro atoms. The molecule has 10 heteroatoms. The van der Waals surface area contributed by atoms with Crippen molar-refractivity contribution in [2.75, 3.05) is 18.4 Å². The van der Waals surface area contributed by atoms with Gasteiger partial charge in [0.25, 0.3) is 11.7 Å². The van der Waals surface area contributed by atoms with Crippen LogP contribution in [0.15, 0.2) is 35.4 Å². The third-order valence-corrected chi connectivity index (χ3v) is 4.57. The van der Waals surface area contributed by atoms with Crippen molar-refractivity contribution >= 4 is 35.8 Å². The first-order valence-corrected chi connectivity index (χ1v) is 8.49. The normalized spacial score (nSPS) is 15.0. The number of hydrogen-bond donors (Lipinski definition) is 2. The monoisotopic (exact) mass is 389 g/mol. The van der Waals surface area contributed by atoms with Gasteiger partial charge < -0.3 is 10.6 Å². The lowest BCUT2D eigenvalue weighted by Gasteiger charge is -2.22. The highest BCUT2D eigenvalue weighted by molar-refractivity contribution is 7.99. The summed E-state index contributed by atoms with van der Waals surface area (Å²) in [5.41, 5.74) is 0.509. The average Bonchev–Trinajstić information content (AvgIpc) is 3.07. The molecule has 25 heavy (non-hydrogen) atoms. The standard InChI is InChI=1S/C15H17F2N5OS.ClH/c16-15(17)24-13-4-2-1-3-11(13)19-14(23)12-9-22(21-20-12)10-5-7-18-8-6-10;/h1-4,9-10,15,18H,5-8H2,(H,19,23);1H. The molecule has 2 aromatic rings. The fraction of sp³-hybridized carbons (Fsp3) is 0.400. The van der Waals surface area contributed by atoms with Crippen LogP contribution in [-0.2, 0) is 0 Å². The number of alkyl halides is 2. The molecule has 0 radical (unpaired) electrons. The average molecular weight is 390 g/mol. The lowest BCUT2D eigenvalue weighted by molar-refractivity contribution is 0.102. The van der Waals surface area contributed by atoms with Crippen LogP contribution >= 0.6 is 24.2 Å². The van der Waals surface area contributed by atoms with E-state index in [1.165, 1.54) is 6.07 Å². The van der Waals surface area contributed by atoms with Gasteiger partial charge in [-0.1, -0.05) is 29.1 Å². The fourth-order valence-electron chi connectivity index (χ4n) is 2.59. The molecular weight excluding hydrogens is 372 g/mol. The largest absolute Gasteiger partial charge is 0.319 e. The Morgan fingerprint density at radius 2 is 2.04 bits per heavy atom. The van der Waals surface area contributed by atoms with Crippen molar-refractivity contribution in [3.8, 4) is 0 Å². The van der Waals surface area contributed by atoms with Crippen molar-refractivity contribution < 1.29 is 13.6 Å². The third-order valence-electron chi connectivity index (χ3n) is 3.78. The Labute approximate surface area is 154 Å². The predicted octanol–water partition coefficient (Wildman–Crippen LogP) is 3.19. The van der Waals surface area contributed by atoms with Crippen LogP contribution in [0.5, 0.6) is 0 Å². The van der Waals surface area contributed by atoms with E-state index in [0.29, 0.717) is 22.3 Å². The molecule has 2 heterocycles. The van der Waals surface area contributed by atoms with Crippen molar-refractivity contribution in [3.05, 3.63) is 36.2 Å². The minimum absolute atomic E-state index is 0. The molecule has 1 aromatic heterocycles. The summed E-state index contributed by atoms with van der Waals surface area (Å²) >= 11 is 0.394. The van der Waals surface area contributed by atoms with E-state index >= 15 is 0 Å². The summed E-state index contributed by atoms with van der Waals surface area (Å²) in [4.78, 5) is 12.6. The lowest BCUT2D eigenvalue weighted by atomic mass is 10.1. The lowest BCUT2D eigenvalue weighted by Crippen LogP contribution is -2.29. The summed E-state index contributed by atoms with van der Waals surface area (Å²) < 4.78 is 26.9. The Kier molecular flexibility index (Phi) is 7.15. The van der Waals surface area contributed by atoms with Gasteiger partial charge in [0, 0.05) is 4.90 Å². The van der Waals surface area contributed by atoms with E-state index in [0.717, 1.165) is 25.9 Å². The Morgan fingerprint density at radius 3 is 2.76 bits per heavy atom. The molecule has 1 fully saturated rings. The van der Waals surface area contributed by atoms with E-state index in [2.05, 4.69) is 20.9 Å². The molecule has 1 amide bonds. The molecular formula is C15H18ClF2N5OS. The number of thioether (sulfide) groups is 1. The van der Waals surface area contributed by atoms with Crippen LogP contribution in [0, 0.1) is 0 Å². The number of aromatic nitrogens is 3. The van der Waals surface area contributed by atoms with Crippen LogP contribution in [0.2, 0.25) is 0 Å². The van der Waals surface area contributed by atoms with Crippen LogP contribution in [0.1, 0.15) is 29.4 Å². The highest BCUT2D eigenvalue weighted by Gasteiger charge is 2.19. The van der Waals surface area contributed by atoms with Crippen molar-refractivity contribution in [3.63, 3.8) is 0 Å². The summed E-state index contributed by atoms with van der Waals surface area (Å²) in [6.07, 6.45) is 3.46. The number of carbonyl (C=O) groups excluding carboxylic acids is 1. The molecule has 6 nitrogen and oxygen atoms in total. The van der Waals surface area contributed by atoms with Crippen LogP contribution in [0.3, 0.4) is 0 Å². The van der Waals surface area contributed by atoms with Crippen molar-refractivity contribution in [2.24, 2.45) is 0 Å². The summed E-state index contributed by atoms with van der Waals surface area (Å²) in [7, 11) is 0. The molecule has 1 aliphatic heterocycles. The number of halogens is 3. The van der Waals surface area contributed by atoms with Gasteiger partial charge in [0.15, 0.2) is 5.69 Å². The number of benzene rings is 1. The number of amides is 1. The molecule has 1 aromatic carbocycles. The number of para-hydroxylation sites is 1. The Hall–Kier alpha value is -1.71. The number of nitrogens with one attached hydrogen (secondary N) is 2. The minimum atomic E-state index is -2.55. The molecule has 136 valence electrons. The number of hydrogen-bond acceptors (Lipinski definition) is 5. The smallest absolute Gasteiger partial charge is 0.288 e. The third kappa shape index (κ3) is 5.13. The van der Waals surface area contributed by atoms with Gasteiger partial charge >= 0.3 is 0 Å². The summed E-state index contributed by atoms with van der Waals surface area (Å²) in [6, 6.07) is 6.67. The predicted molar refractivity (Wildman–Crippen MR) is 94.7 cm³/mol. The molecule has 0 atom stereocenters. The molecule has 1 saturated heterocycles. The Morgan fingerprint density at radius 1 is 1.32 bits per heavy atom. The zero-order chi connectivity index (χ0) is 16.9. The number of nitrogens with zero attached hydrogens (tertiary/aromatic N) is 3. The molecule has 1 aliphatic rings. The molecule has 3 rings (SSSR count). The number of rotatable bonds is 5. The zero-order valence-corrected chi connectivity index (χ0v) is 14.8. The van der Waals surface area contributed by atoms with E-state index in [1.54, 1.807) is 29.1 Å². The maximum atomic E-state index is 12.6. The van der Waals surface area contributed by atoms with E-state index in [1.807, 2.05) is 0 Å². The van der Waals surface area contributed by atoms with Crippen LogP contribution < -0.4 is 10.6 Å². The van der Waals surface area contributed by atoms with Gasteiger partial charge in [-0.15, -0.1) is 17.5 Å². The Balaban J connectivity index is 0.00000225. The summed E-state index contributed by atoms with van der Waals surface area (Å²) in [6.45, 7) is 1.81. The first-order valence-electron chi connectivity index (χ1n) is 7.61. The quantitative estimate of drug-likeness (QED) is 0.768. The van der Waals surface area contributed by atoms with Gasteiger partial charge in [-0.2, -0.15) is 8.78 Å². The van der Waals surface area contributed by atoms with E-state index in [4.69, 9.17) is 0 Å². The molecule has 0 unspecified atom stereocenters. The molecule has 0 saturated carbocycles. The number of anilines is 1. The van der Waals surface area contributed by atoms with Gasteiger partial charge in [-0.3, -0.25) is 4.79 Å². The second kappa shape index (κ2) is 9.12. The van der Waals surface area contributed by atoms with E-state index in [9.17, 15) is 13.6 Å². The van der Waals surface area contributed by atoms with Crippen LogP contribution in [-0.4, -0.2) is 39.7 Å². The number of piperidine rings is 1. The van der Waals surface area contributed by atoms with Gasteiger partial charge in [0.2, 0.25) is 0 Å². The second-order valence-electron chi connectivity index (χ2n) is 5.39. The molecule has 2 N–H and O–H groups in total. The summed E-state index contributed by atoms with van der Waals surface area (Å²) in [5, 5.41) is 13.8. The summed E-state index contributed by atoms with van der Waals surface area (Å²) in [5.74, 6) is -3.01. The van der Waals surface area contributed by atoms with Crippen molar-refractivity contribution in [1.29, 1.82) is 0 Å². The van der Waals surface area contributed by atoms with Gasteiger partial charge in [-0.25, -0.2) is 4.68 Å². The topological polar surface area (TPSA) is 71.8 Å². The van der Waals surface area contributed by atoms with Gasteiger partial charge in [-0.05, 0) is 38.1 Å². The SMILES string of the molecule is Cl.O=C(Nc1ccccc1SC(F)F)c1cn(C2CCNCC2)nn1. The zero-order valence-electron chi connectivity index (χ0n) is 13.2. The second-order valence-corrected chi connectivity index (χ2v) is 6.43. The van der Waals surface area contributed by atoms with Gasteiger partial charge in [0.05, 0.1) is 17.9 Å². The van der Waals surface area contributed by atoms with E-state index < -0.39 is 11.7 Å². The highest BCUT2D eigenvalue weighted by Crippen LogP contribution is 2.31.